The first-order chi connectivity index (χ1) is 11.8. The van der Waals surface area contributed by atoms with E-state index in [1.54, 1.807) is 13.0 Å². The van der Waals surface area contributed by atoms with Crippen molar-refractivity contribution in [2.75, 3.05) is 13.2 Å². The van der Waals surface area contributed by atoms with Crippen LogP contribution in [0.5, 0.6) is 0 Å². The summed E-state index contributed by atoms with van der Waals surface area (Å²) in [7, 11) is 0. The lowest BCUT2D eigenvalue weighted by atomic mass is 10.2. The SMILES string of the molecule is C=C(C)C(=O)OCC1CO1.C=CC.C=Cc1ccccc1.O=C(O)O. The predicted molar refractivity (Wildman–Crippen MR) is 98.6 cm³/mol. The van der Waals surface area contributed by atoms with Gasteiger partial charge in [0.25, 0.3) is 0 Å². The molecule has 138 valence electrons. The van der Waals surface area contributed by atoms with Gasteiger partial charge in [0, 0.05) is 5.57 Å². The van der Waals surface area contributed by atoms with E-state index in [0.29, 0.717) is 18.8 Å². The molecule has 1 aliphatic rings. The molecule has 0 aromatic heterocycles. The summed E-state index contributed by atoms with van der Waals surface area (Å²) in [5.41, 5.74) is 1.60. The van der Waals surface area contributed by atoms with Crippen molar-refractivity contribution in [1.82, 2.24) is 0 Å². The fourth-order valence-electron chi connectivity index (χ4n) is 1.05. The van der Waals surface area contributed by atoms with E-state index in [9.17, 15) is 4.79 Å². The van der Waals surface area contributed by atoms with E-state index in [1.165, 1.54) is 5.56 Å². The molecule has 2 rings (SSSR count). The Balaban J connectivity index is 0. The average molecular weight is 350 g/mol. The Morgan fingerprint density at radius 1 is 1.28 bits per heavy atom. The molecule has 0 spiro atoms. The van der Waals surface area contributed by atoms with Crippen LogP contribution in [-0.2, 0) is 14.3 Å². The van der Waals surface area contributed by atoms with Crippen molar-refractivity contribution in [3.63, 3.8) is 0 Å². The topological polar surface area (TPSA) is 96.4 Å². The van der Waals surface area contributed by atoms with Crippen LogP contribution in [0.15, 0.2) is 61.7 Å². The van der Waals surface area contributed by atoms with Crippen LogP contribution >= 0.6 is 0 Å². The van der Waals surface area contributed by atoms with Gasteiger partial charge in [-0.25, -0.2) is 9.59 Å². The third-order valence-electron chi connectivity index (χ3n) is 2.19. The molecule has 25 heavy (non-hydrogen) atoms. The Hall–Kier alpha value is -2.86. The first-order valence-electron chi connectivity index (χ1n) is 7.39. The van der Waals surface area contributed by atoms with E-state index < -0.39 is 6.16 Å². The smallest absolute Gasteiger partial charge is 0.459 e. The molecule has 1 aliphatic heterocycles. The van der Waals surface area contributed by atoms with Crippen molar-refractivity contribution in [2.24, 2.45) is 0 Å². The second kappa shape index (κ2) is 16.0. The van der Waals surface area contributed by atoms with Gasteiger partial charge in [0.15, 0.2) is 0 Å². The van der Waals surface area contributed by atoms with E-state index in [-0.39, 0.29) is 12.1 Å². The van der Waals surface area contributed by atoms with Crippen molar-refractivity contribution in [2.45, 2.75) is 20.0 Å². The number of carbonyl (C=O) groups is 2. The van der Waals surface area contributed by atoms with Crippen LogP contribution in [0.4, 0.5) is 4.79 Å². The fourth-order valence-corrected chi connectivity index (χ4v) is 1.05. The van der Waals surface area contributed by atoms with E-state index in [4.69, 9.17) is 24.5 Å². The lowest BCUT2D eigenvalue weighted by Crippen LogP contribution is -2.09. The standard InChI is InChI=1S/C8H8.C7H10O3.C3H6.CH2O3/c1-2-8-6-4-3-5-7-8;1-5(2)7(8)10-4-6-3-9-6;1-3-2;2-1(3)4/h2-7H,1H2;6H,1,3-4H2,2H3;3H,1H2,2H3;(H2,2,3,4). The van der Waals surface area contributed by atoms with Crippen molar-refractivity contribution in [3.8, 4) is 0 Å². The van der Waals surface area contributed by atoms with Gasteiger partial charge >= 0.3 is 12.1 Å². The minimum Gasteiger partial charge on any atom is -0.459 e. The second-order valence-corrected chi connectivity index (χ2v) is 4.64. The Bertz CT molecular complexity index is 528. The van der Waals surface area contributed by atoms with E-state index in [2.05, 4.69) is 19.7 Å². The zero-order valence-electron chi connectivity index (χ0n) is 14.7. The van der Waals surface area contributed by atoms with Crippen LogP contribution in [0.3, 0.4) is 0 Å². The Morgan fingerprint density at radius 2 is 1.72 bits per heavy atom. The lowest BCUT2D eigenvalue weighted by Gasteiger charge is -1.99. The van der Waals surface area contributed by atoms with Gasteiger partial charge in [-0.15, -0.1) is 6.58 Å². The molecule has 1 unspecified atom stereocenters. The van der Waals surface area contributed by atoms with Gasteiger partial charge in [-0.1, -0.05) is 55.6 Å². The number of benzene rings is 1. The van der Waals surface area contributed by atoms with Gasteiger partial charge in [-0.3, -0.25) is 0 Å². The molecule has 1 aromatic rings. The maximum absolute atomic E-state index is 10.7. The average Bonchev–Trinajstić information content (AvgIpc) is 3.38. The molecular formula is C19H26O6. The van der Waals surface area contributed by atoms with Crippen molar-refractivity contribution in [1.29, 1.82) is 0 Å². The molecule has 1 heterocycles. The summed E-state index contributed by atoms with van der Waals surface area (Å²) in [6.07, 6.45) is 1.89. The Morgan fingerprint density at radius 3 is 2.00 bits per heavy atom. The maximum Gasteiger partial charge on any atom is 0.503 e. The molecule has 1 saturated heterocycles. The number of ether oxygens (including phenoxy) is 2. The van der Waals surface area contributed by atoms with Crippen LogP contribution < -0.4 is 0 Å². The highest BCUT2D eigenvalue weighted by Crippen LogP contribution is 2.09. The van der Waals surface area contributed by atoms with Gasteiger partial charge in [0.1, 0.15) is 12.7 Å². The van der Waals surface area contributed by atoms with Gasteiger partial charge in [-0.2, -0.15) is 0 Å². The molecule has 6 heteroatoms. The molecule has 0 bridgehead atoms. The van der Waals surface area contributed by atoms with Crippen LogP contribution in [0.25, 0.3) is 6.08 Å². The largest absolute Gasteiger partial charge is 0.503 e. The maximum atomic E-state index is 10.7. The number of hydrogen-bond acceptors (Lipinski definition) is 4. The minimum absolute atomic E-state index is 0.142. The monoisotopic (exact) mass is 350 g/mol. The molecule has 1 atom stereocenters. The molecule has 0 saturated carbocycles. The molecule has 0 radical (unpaired) electrons. The zero-order chi connectivity index (χ0) is 19.7. The summed E-state index contributed by atoms with van der Waals surface area (Å²) in [4.78, 5) is 19.3. The highest BCUT2D eigenvalue weighted by molar-refractivity contribution is 5.86. The molecule has 0 amide bonds. The predicted octanol–water partition coefficient (Wildman–Crippen LogP) is 4.25. The Kier molecular flexibility index (Phi) is 15.6. The summed E-state index contributed by atoms with van der Waals surface area (Å²) < 4.78 is 9.60. The highest BCUT2D eigenvalue weighted by atomic mass is 16.6. The fraction of sp³-hybridized carbons (Fsp3) is 0.263. The van der Waals surface area contributed by atoms with Crippen molar-refractivity contribution >= 4 is 18.2 Å². The van der Waals surface area contributed by atoms with Gasteiger partial charge < -0.3 is 19.7 Å². The molecule has 2 N–H and O–H groups in total. The number of esters is 1. The van der Waals surface area contributed by atoms with Crippen molar-refractivity contribution < 1.29 is 29.3 Å². The second-order valence-electron chi connectivity index (χ2n) is 4.64. The summed E-state index contributed by atoms with van der Waals surface area (Å²) in [5, 5.41) is 13.9. The van der Waals surface area contributed by atoms with Gasteiger partial charge in [0.05, 0.1) is 6.61 Å². The molecular weight excluding hydrogens is 324 g/mol. The summed E-state index contributed by atoms with van der Waals surface area (Å²) in [6.45, 7) is 15.0. The third-order valence-corrected chi connectivity index (χ3v) is 2.19. The van der Waals surface area contributed by atoms with Gasteiger partial charge in [0.2, 0.25) is 0 Å². The zero-order valence-corrected chi connectivity index (χ0v) is 14.7. The van der Waals surface area contributed by atoms with Gasteiger partial charge in [-0.05, 0) is 19.4 Å². The lowest BCUT2D eigenvalue weighted by molar-refractivity contribution is -0.139. The number of carbonyl (C=O) groups excluding carboxylic acids is 1. The third kappa shape index (κ3) is 21.1. The minimum atomic E-state index is -1.83. The Labute approximate surface area is 148 Å². The van der Waals surface area contributed by atoms with E-state index >= 15 is 0 Å². The number of rotatable bonds is 4. The van der Waals surface area contributed by atoms with Crippen LogP contribution in [0.2, 0.25) is 0 Å². The van der Waals surface area contributed by atoms with Crippen LogP contribution in [0.1, 0.15) is 19.4 Å². The summed E-state index contributed by atoms with van der Waals surface area (Å²) >= 11 is 0. The van der Waals surface area contributed by atoms with Crippen LogP contribution in [0, 0.1) is 0 Å². The first kappa shape index (κ1) is 24.4. The van der Waals surface area contributed by atoms with Crippen molar-refractivity contribution in [3.05, 3.63) is 67.3 Å². The number of hydrogen-bond donors (Lipinski definition) is 2. The summed E-state index contributed by atoms with van der Waals surface area (Å²) in [6, 6.07) is 10.0. The molecule has 6 nitrogen and oxygen atoms in total. The first-order valence-corrected chi connectivity index (χ1v) is 7.39. The summed E-state index contributed by atoms with van der Waals surface area (Å²) in [5.74, 6) is -0.337. The normalized spacial score (nSPS) is 13.0. The quantitative estimate of drug-likeness (QED) is 0.365. The molecule has 0 aliphatic carbocycles. The number of carboxylic acid groups (broad SMARTS) is 2. The van der Waals surface area contributed by atoms with Crippen LogP contribution in [-0.4, -0.2) is 41.7 Å². The highest BCUT2D eigenvalue weighted by Gasteiger charge is 2.24. The number of epoxide rings is 1. The molecule has 1 fully saturated rings. The molecule has 1 aromatic carbocycles. The van der Waals surface area contributed by atoms with E-state index in [1.807, 2.05) is 43.3 Å². The number of allylic oxidation sites excluding steroid dienone is 1. The van der Waals surface area contributed by atoms with E-state index in [0.717, 1.165) is 0 Å².